The fourth-order valence-electron chi connectivity index (χ4n) is 1.89. The minimum Gasteiger partial charge on any atom is -0.390 e. The highest BCUT2D eigenvalue weighted by Crippen LogP contribution is 2.27. The molecule has 0 radical (unpaired) electrons. The molecule has 0 bridgehead atoms. The van der Waals surface area contributed by atoms with Crippen molar-refractivity contribution in [1.82, 2.24) is 10.2 Å². The molecule has 0 aliphatic rings. The molecule has 0 spiro atoms. The van der Waals surface area contributed by atoms with Crippen LogP contribution in [0.25, 0.3) is 0 Å². The van der Waals surface area contributed by atoms with Gasteiger partial charge >= 0.3 is 0 Å². The van der Waals surface area contributed by atoms with Crippen LogP contribution in [0, 0.1) is 12.7 Å². The van der Waals surface area contributed by atoms with Crippen molar-refractivity contribution in [3.63, 3.8) is 0 Å². The van der Waals surface area contributed by atoms with Gasteiger partial charge in [0.15, 0.2) is 0 Å². The third-order valence-corrected chi connectivity index (χ3v) is 4.90. The van der Waals surface area contributed by atoms with Crippen LogP contribution in [-0.2, 0) is 16.6 Å². The van der Waals surface area contributed by atoms with Gasteiger partial charge in [0.2, 0.25) is 0 Å². The molecule has 0 amide bonds. The van der Waals surface area contributed by atoms with Crippen molar-refractivity contribution >= 4 is 15.7 Å². The summed E-state index contributed by atoms with van der Waals surface area (Å²) in [6, 6.07) is 5.55. The summed E-state index contributed by atoms with van der Waals surface area (Å²) in [5.74, 6) is -0.648. The van der Waals surface area contributed by atoms with E-state index in [4.69, 9.17) is 5.11 Å². The molecule has 2 rings (SSSR count). The highest BCUT2D eigenvalue weighted by atomic mass is 32.2. The van der Waals surface area contributed by atoms with Gasteiger partial charge in [-0.25, -0.2) is 12.8 Å². The molecule has 0 saturated carbocycles. The van der Waals surface area contributed by atoms with E-state index >= 15 is 0 Å². The van der Waals surface area contributed by atoms with E-state index in [1.54, 1.807) is 6.07 Å². The van der Waals surface area contributed by atoms with Gasteiger partial charge in [-0.15, -0.1) is 0 Å². The van der Waals surface area contributed by atoms with Gasteiger partial charge in [0.05, 0.1) is 18.0 Å². The van der Waals surface area contributed by atoms with E-state index in [9.17, 15) is 12.8 Å². The molecule has 8 heteroatoms. The lowest BCUT2D eigenvalue weighted by atomic mass is 10.3. The summed E-state index contributed by atoms with van der Waals surface area (Å²) in [6.07, 6.45) is 0. The Kier molecular flexibility index (Phi) is 3.78. The average Bonchev–Trinajstić information content (AvgIpc) is 2.80. The molecule has 0 aliphatic carbocycles. The molecule has 1 aromatic heterocycles. The van der Waals surface area contributed by atoms with Crippen molar-refractivity contribution in [2.75, 3.05) is 11.4 Å². The van der Waals surface area contributed by atoms with E-state index in [1.807, 2.05) is 0 Å². The third kappa shape index (κ3) is 2.27. The number of aromatic nitrogens is 2. The van der Waals surface area contributed by atoms with Gasteiger partial charge in [0, 0.05) is 7.05 Å². The lowest BCUT2D eigenvalue weighted by molar-refractivity contribution is 0.273. The number of aromatic amines is 1. The molecule has 0 aliphatic heterocycles. The van der Waals surface area contributed by atoms with Gasteiger partial charge in [-0.1, -0.05) is 12.1 Å². The molecule has 0 saturated heterocycles. The maximum absolute atomic E-state index is 13.7. The number of aliphatic hydroxyl groups is 1. The number of sulfonamides is 1. The molecule has 2 aromatic rings. The summed E-state index contributed by atoms with van der Waals surface area (Å²) in [5, 5.41) is 15.4. The average molecular weight is 299 g/mol. The number of nitrogens with one attached hydrogen (secondary N) is 1. The molecule has 20 heavy (non-hydrogen) atoms. The zero-order valence-electron chi connectivity index (χ0n) is 11.0. The minimum absolute atomic E-state index is 0.00527. The summed E-state index contributed by atoms with van der Waals surface area (Å²) in [4.78, 5) is -0.134. The number of hydrogen-bond donors (Lipinski definition) is 2. The first-order valence-electron chi connectivity index (χ1n) is 5.77. The number of para-hydroxylation sites is 1. The van der Waals surface area contributed by atoms with Crippen LogP contribution >= 0.6 is 0 Å². The summed E-state index contributed by atoms with van der Waals surface area (Å²) >= 11 is 0. The summed E-state index contributed by atoms with van der Waals surface area (Å²) in [7, 11) is -2.75. The van der Waals surface area contributed by atoms with Crippen LogP contribution in [0.1, 0.15) is 11.4 Å². The van der Waals surface area contributed by atoms with Crippen molar-refractivity contribution in [3.8, 4) is 0 Å². The van der Waals surface area contributed by atoms with Gasteiger partial charge in [0.1, 0.15) is 16.4 Å². The van der Waals surface area contributed by atoms with Crippen molar-refractivity contribution in [1.29, 1.82) is 0 Å². The number of rotatable bonds is 4. The zero-order valence-corrected chi connectivity index (χ0v) is 11.8. The van der Waals surface area contributed by atoms with Gasteiger partial charge in [-0.05, 0) is 19.1 Å². The summed E-state index contributed by atoms with van der Waals surface area (Å²) < 4.78 is 39.6. The van der Waals surface area contributed by atoms with E-state index in [1.165, 1.54) is 32.2 Å². The molecule has 0 fully saturated rings. The van der Waals surface area contributed by atoms with Crippen molar-refractivity contribution in [3.05, 3.63) is 41.5 Å². The van der Waals surface area contributed by atoms with Crippen LogP contribution in [0.4, 0.5) is 10.1 Å². The standard InChI is InChI=1S/C12H14FN3O3S/c1-8-12(10(7-17)15-14-8)20(18,19)16(2)11-6-4-3-5-9(11)13/h3-6,17H,7H2,1-2H3,(H,14,15). The highest BCUT2D eigenvalue weighted by molar-refractivity contribution is 7.92. The lowest BCUT2D eigenvalue weighted by Crippen LogP contribution is -2.28. The first-order valence-corrected chi connectivity index (χ1v) is 7.21. The van der Waals surface area contributed by atoms with Crippen LogP contribution in [0.15, 0.2) is 29.2 Å². The number of benzene rings is 1. The Morgan fingerprint density at radius 2 is 2.05 bits per heavy atom. The highest BCUT2D eigenvalue weighted by Gasteiger charge is 2.29. The summed E-state index contributed by atoms with van der Waals surface area (Å²) in [5.41, 5.74) is 0.222. The summed E-state index contributed by atoms with van der Waals surface area (Å²) in [6.45, 7) is 0.998. The maximum Gasteiger partial charge on any atom is 0.267 e. The van der Waals surface area contributed by atoms with Crippen LogP contribution in [0.3, 0.4) is 0 Å². The molecule has 2 N–H and O–H groups in total. The second-order valence-electron chi connectivity index (χ2n) is 4.21. The van der Waals surface area contributed by atoms with E-state index < -0.39 is 22.4 Å². The van der Waals surface area contributed by atoms with Gasteiger partial charge in [-0.3, -0.25) is 9.40 Å². The fourth-order valence-corrected chi connectivity index (χ4v) is 3.41. The normalized spacial score (nSPS) is 11.6. The maximum atomic E-state index is 13.7. The Morgan fingerprint density at radius 3 is 2.65 bits per heavy atom. The number of H-pyrrole nitrogens is 1. The third-order valence-electron chi connectivity index (χ3n) is 2.92. The smallest absolute Gasteiger partial charge is 0.267 e. The zero-order chi connectivity index (χ0) is 14.9. The van der Waals surface area contributed by atoms with E-state index in [0.717, 1.165) is 4.31 Å². The SMILES string of the molecule is Cc1[nH]nc(CO)c1S(=O)(=O)N(C)c1ccccc1F. The first-order chi connectivity index (χ1) is 9.39. The van der Waals surface area contributed by atoms with Crippen LogP contribution < -0.4 is 4.31 Å². The van der Waals surface area contributed by atoms with Crippen molar-refractivity contribution < 1.29 is 17.9 Å². The predicted molar refractivity (Wildman–Crippen MR) is 71.2 cm³/mol. The Morgan fingerprint density at radius 1 is 1.40 bits per heavy atom. The number of halogens is 1. The predicted octanol–water partition coefficient (Wildman–Crippen LogP) is 1.17. The molecule has 1 aromatic carbocycles. The van der Waals surface area contributed by atoms with Crippen LogP contribution in [0.2, 0.25) is 0 Å². The van der Waals surface area contributed by atoms with E-state index in [-0.39, 0.29) is 22.0 Å². The molecule has 108 valence electrons. The topological polar surface area (TPSA) is 86.3 Å². The van der Waals surface area contributed by atoms with Gasteiger partial charge in [-0.2, -0.15) is 5.10 Å². The largest absolute Gasteiger partial charge is 0.390 e. The lowest BCUT2D eigenvalue weighted by Gasteiger charge is -2.20. The second kappa shape index (κ2) is 5.22. The molecular weight excluding hydrogens is 285 g/mol. The minimum atomic E-state index is -4.01. The number of aryl methyl sites for hydroxylation is 1. The Labute approximate surface area is 115 Å². The monoisotopic (exact) mass is 299 g/mol. The van der Waals surface area contributed by atoms with Crippen molar-refractivity contribution in [2.24, 2.45) is 0 Å². The van der Waals surface area contributed by atoms with Crippen LogP contribution in [0.5, 0.6) is 0 Å². The molecule has 0 unspecified atom stereocenters. The molecular formula is C12H14FN3O3S. The van der Waals surface area contributed by atoms with Gasteiger partial charge < -0.3 is 5.11 Å². The Balaban J connectivity index is 2.56. The number of nitrogens with zero attached hydrogens (tertiary/aromatic N) is 2. The van der Waals surface area contributed by atoms with E-state index in [2.05, 4.69) is 10.2 Å². The number of hydrogen-bond acceptors (Lipinski definition) is 4. The molecule has 1 heterocycles. The quantitative estimate of drug-likeness (QED) is 0.887. The van der Waals surface area contributed by atoms with Gasteiger partial charge in [0.25, 0.3) is 10.0 Å². The fraction of sp³-hybridized carbons (Fsp3) is 0.250. The van der Waals surface area contributed by atoms with E-state index in [0.29, 0.717) is 0 Å². The number of anilines is 1. The van der Waals surface area contributed by atoms with Crippen LogP contribution in [-0.4, -0.2) is 30.8 Å². The Bertz CT molecular complexity index is 727. The number of aliphatic hydroxyl groups excluding tert-OH is 1. The second-order valence-corrected chi connectivity index (χ2v) is 6.11. The van der Waals surface area contributed by atoms with Crippen molar-refractivity contribution in [2.45, 2.75) is 18.4 Å². The first kappa shape index (κ1) is 14.5. The molecule has 0 atom stereocenters. The Hall–Kier alpha value is -1.93. The molecule has 6 nitrogen and oxygen atoms in total.